The molecule has 8 heteroatoms. The van der Waals surface area contributed by atoms with Crippen molar-refractivity contribution in [3.05, 3.63) is 66.7 Å². The number of anilines is 2. The van der Waals surface area contributed by atoms with Crippen molar-refractivity contribution < 1.29 is 18.0 Å². The van der Waals surface area contributed by atoms with Crippen LogP contribution in [-0.4, -0.2) is 33.3 Å². The van der Waals surface area contributed by atoms with Gasteiger partial charge in [0.15, 0.2) is 0 Å². The normalized spacial score (nSPS) is 14.1. The molecule has 0 aromatic heterocycles. The van der Waals surface area contributed by atoms with Crippen LogP contribution in [-0.2, 0) is 14.8 Å². The molecule has 0 saturated carbocycles. The average molecular weight is 399 g/mol. The molecule has 1 fully saturated rings. The second-order valence-electron chi connectivity index (χ2n) is 6.32. The lowest BCUT2D eigenvalue weighted by atomic mass is 10.2. The zero-order chi connectivity index (χ0) is 20.1. The molecule has 0 bridgehead atoms. The van der Waals surface area contributed by atoms with Crippen LogP contribution in [0.25, 0.3) is 0 Å². The number of hydrogen-bond acceptors (Lipinski definition) is 4. The van der Waals surface area contributed by atoms with Gasteiger partial charge in [-0.2, -0.15) is 0 Å². The van der Waals surface area contributed by atoms with E-state index in [1.165, 1.54) is 30.3 Å². The first-order valence-corrected chi connectivity index (χ1v) is 10.3. The van der Waals surface area contributed by atoms with E-state index in [-0.39, 0.29) is 22.9 Å². The van der Waals surface area contributed by atoms with Crippen molar-refractivity contribution in [3.8, 4) is 0 Å². The maximum absolute atomic E-state index is 12.6. The van der Waals surface area contributed by atoms with E-state index in [1.807, 2.05) is 6.07 Å². The highest BCUT2D eigenvalue weighted by atomic mass is 32.2. The molecule has 1 aliphatic heterocycles. The lowest BCUT2D eigenvalue weighted by molar-refractivity contribution is -0.117. The molecule has 2 aromatic carbocycles. The van der Waals surface area contributed by atoms with Gasteiger partial charge in [-0.25, -0.2) is 13.1 Å². The number of nitrogens with one attached hydrogen (secondary N) is 2. The second-order valence-corrected chi connectivity index (χ2v) is 8.09. The Balaban J connectivity index is 1.78. The Bertz CT molecular complexity index is 1020. The van der Waals surface area contributed by atoms with Gasteiger partial charge in [0, 0.05) is 36.4 Å². The minimum Gasteiger partial charge on any atom is -0.322 e. The molecule has 146 valence electrons. The van der Waals surface area contributed by atoms with Crippen LogP contribution in [0, 0.1) is 0 Å². The van der Waals surface area contributed by atoms with E-state index in [1.54, 1.807) is 23.1 Å². The summed E-state index contributed by atoms with van der Waals surface area (Å²) >= 11 is 0. The number of carbonyl (C=O) groups is 2. The Hall–Kier alpha value is -2.97. The average Bonchev–Trinajstić information content (AvgIpc) is 3.12. The van der Waals surface area contributed by atoms with Gasteiger partial charge in [-0.15, -0.1) is 6.58 Å². The van der Waals surface area contributed by atoms with E-state index < -0.39 is 15.9 Å². The number of amides is 2. The van der Waals surface area contributed by atoms with Crippen LogP contribution < -0.4 is 14.9 Å². The van der Waals surface area contributed by atoms with E-state index in [9.17, 15) is 18.0 Å². The predicted octanol–water partition coefficient (Wildman–Crippen LogP) is 2.53. The van der Waals surface area contributed by atoms with Gasteiger partial charge >= 0.3 is 0 Å². The van der Waals surface area contributed by atoms with Gasteiger partial charge in [0.2, 0.25) is 15.9 Å². The maximum atomic E-state index is 12.6. The smallest absolute Gasteiger partial charge is 0.255 e. The molecule has 3 rings (SSSR count). The summed E-state index contributed by atoms with van der Waals surface area (Å²) in [5.41, 5.74) is 1.47. The van der Waals surface area contributed by atoms with E-state index in [0.717, 1.165) is 12.1 Å². The maximum Gasteiger partial charge on any atom is 0.255 e. The molecule has 7 nitrogen and oxygen atoms in total. The van der Waals surface area contributed by atoms with Gasteiger partial charge in [0.1, 0.15) is 0 Å². The fourth-order valence-corrected chi connectivity index (χ4v) is 3.98. The molecule has 2 amide bonds. The van der Waals surface area contributed by atoms with Crippen molar-refractivity contribution in [1.82, 2.24) is 4.72 Å². The number of sulfonamides is 1. The Morgan fingerprint density at radius 1 is 1.18 bits per heavy atom. The van der Waals surface area contributed by atoms with Crippen molar-refractivity contribution in [3.63, 3.8) is 0 Å². The number of carbonyl (C=O) groups excluding carboxylic acids is 2. The quantitative estimate of drug-likeness (QED) is 0.700. The van der Waals surface area contributed by atoms with Crippen LogP contribution in [0.15, 0.2) is 66.1 Å². The summed E-state index contributed by atoms with van der Waals surface area (Å²) in [5.74, 6) is -0.376. The Morgan fingerprint density at radius 2 is 1.96 bits per heavy atom. The predicted molar refractivity (Wildman–Crippen MR) is 108 cm³/mol. The zero-order valence-corrected chi connectivity index (χ0v) is 16.0. The summed E-state index contributed by atoms with van der Waals surface area (Å²) in [4.78, 5) is 26.2. The molecule has 0 radical (unpaired) electrons. The van der Waals surface area contributed by atoms with Crippen LogP contribution in [0.4, 0.5) is 11.4 Å². The third-order valence-electron chi connectivity index (χ3n) is 4.31. The van der Waals surface area contributed by atoms with Crippen molar-refractivity contribution in [2.45, 2.75) is 17.7 Å². The summed E-state index contributed by atoms with van der Waals surface area (Å²) in [5, 5.41) is 2.75. The number of hydrogen-bond donors (Lipinski definition) is 2. The Labute approximate surface area is 164 Å². The molecule has 2 N–H and O–H groups in total. The first kappa shape index (κ1) is 19.8. The van der Waals surface area contributed by atoms with Crippen LogP contribution >= 0.6 is 0 Å². The highest BCUT2D eigenvalue weighted by Crippen LogP contribution is 2.24. The van der Waals surface area contributed by atoms with Gasteiger partial charge in [-0.05, 0) is 42.8 Å². The molecular formula is C20H21N3O4S. The van der Waals surface area contributed by atoms with Crippen LogP contribution in [0.1, 0.15) is 23.2 Å². The third kappa shape index (κ3) is 4.47. The third-order valence-corrected chi connectivity index (χ3v) is 5.73. The summed E-state index contributed by atoms with van der Waals surface area (Å²) in [6.07, 6.45) is 2.78. The monoisotopic (exact) mass is 399 g/mol. The zero-order valence-electron chi connectivity index (χ0n) is 15.2. The van der Waals surface area contributed by atoms with E-state index in [2.05, 4.69) is 16.6 Å². The van der Waals surface area contributed by atoms with Crippen LogP contribution in [0.3, 0.4) is 0 Å². The minimum atomic E-state index is -3.72. The van der Waals surface area contributed by atoms with E-state index in [0.29, 0.717) is 18.7 Å². The van der Waals surface area contributed by atoms with E-state index >= 15 is 0 Å². The molecule has 1 saturated heterocycles. The number of benzene rings is 2. The van der Waals surface area contributed by atoms with Crippen LogP contribution in [0.2, 0.25) is 0 Å². The molecule has 0 aliphatic carbocycles. The van der Waals surface area contributed by atoms with Crippen molar-refractivity contribution in [2.24, 2.45) is 0 Å². The lowest BCUT2D eigenvalue weighted by Crippen LogP contribution is -2.24. The molecule has 2 aromatic rings. The van der Waals surface area contributed by atoms with Gasteiger partial charge in [-0.3, -0.25) is 9.59 Å². The fourth-order valence-electron chi connectivity index (χ4n) is 2.93. The van der Waals surface area contributed by atoms with Gasteiger partial charge in [-0.1, -0.05) is 18.2 Å². The fraction of sp³-hybridized carbons (Fsp3) is 0.200. The molecular weight excluding hydrogens is 378 g/mol. The number of nitrogens with zero attached hydrogens (tertiary/aromatic N) is 1. The first-order valence-electron chi connectivity index (χ1n) is 8.83. The SMILES string of the molecule is C=CCNS(=O)(=O)c1cccc(C(=O)Nc2cccc(N3CCCC3=O)c2)c1. The van der Waals surface area contributed by atoms with Crippen molar-refractivity contribution in [2.75, 3.05) is 23.3 Å². The van der Waals surface area contributed by atoms with Crippen molar-refractivity contribution in [1.29, 1.82) is 0 Å². The summed E-state index contributed by atoms with van der Waals surface area (Å²) in [7, 11) is -3.72. The second kappa shape index (κ2) is 8.37. The van der Waals surface area contributed by atoms with Gasteiger partial charge in [0.05, 0.1) is 4.90 Å². The molecule has 0 unspecified atom stereocenters. The summed E-state index contributed by atoms with van der Waals surface area (Å²) < 4.78 is 26.8. The number of rotatable bonds is 7. The molecule has 1 aliphatic rings. The van der Waals surface area contributed by atoms with Crippen LogP contribution in [0.5, 0.6) is 0 Å². The summed E-state index contributed by atoms with van der Waals surface area (Å²) in [6.45, 7) is 4.23. The van der Waals surface area contributed by atoms with Crippen molar-refractivity contribution >= 4 is 33.2 Å². The van der Waals surface area contributed by atoms with Gasteiger partial charge in [0.25, 0.3) is 5.91 Å². The minimum absolute atomic E-state index is 0.00147. The highest BCUT2D eigenvalue weighted by Gasteiger charge is 2.22. The van der Waals surface area contributed by atoms with E-state index in [4.69, 9.17) is 0 Å². The topological polar surface area (TPSA) is 95.6 Å². The molecule has 0 spiro atoms. The summed E-state index contributed by atoms with van der Waals surface area (Å²) in [6, 6.07) is 12.8. The molecule has 28 heavy (non-hydrogen) atoms. The first-order chi connectivity index (χ1) is 13.4. The lowest BCUT2D eigenvalue weighted by Gasteiger charge is -2.17. The Morgan fingerprint density at radius 3 is 2.68 bits per heavy atom. The molecule has 1 heterocycles. The standard InChI is InChI=1S/C20H21N3O4S/c1-2-11-21-28(26,27)18-9-3-6-15(13-18)20(25)22-16-7-4-8-17(14-16)23-12-5-10-19(23)24/h2-4,6-9,13-14,21H,1,5,10-12H2,(H,22,25). The Kier molecular flexibility index (Phi) is 5.91. The highest BCUT2D eigenvalue weighted by molar-refractivity contribution is 7.89. The van der Waals surface area contributed by atoms with Gasteiger partial charge < -0.3 is 10.2 Å². The molecule has 0 atom stereocenters. The largest absolute Gasteiger partial charge is 0.322 e.